The average Bonchev–Trinajstić information content (AvgIpc) is 2.96. The summed E-state index contributed by atoms with van der Waals surface area (Å²) in [5.41, 5.74) is 3.06. The lowest BCUT2D eigenvalue weighted by Crippen LogP contribution is -2.08. The highest BCUT2D eigenvalue weighted by molar-refractivity contribution is 5.80. The van der Waals surface area contributed by atoms with E-state index >= 15 is 0 Å². The molecule has 2 aromatic heterocycles. The SMILES string of the molecule is CC(C)Cn1nnnc1-c1ccc2c(c1)ncn2C. The number of imidazole rings is 1. The molecule has 0 aliphatic rings. The second-order valence-electron chi connectivity index (χ2n) is 5.14. The fourth-order valence-electron chi connectivity index (χ4n) is 2.16. The molecule has 3 rings (SSSR count). The normalized spacial score (nSPS) is 11.6. The molecule has 1 aromatic carbocycles. The Balaban J connectivity index is 2.06. The zero-order valence-corrected chi connectivity index (χ0v) is 11.3. The number of aromatic nitrogens is 6. The van der Waals surface area contributed by atoms with Gasteiger partial charge in [-0.2, -0.15) is 0 Å². The molecule has 0 radical (unpaired) electrons. The number of nitrogens with zero attached hydrogens (tertiary/aromatic N) is 6. The van der Waals surface area contributed by atoms with E-state index in [4.69, 9.17) is 0 Å². The average molecular weight is 256 g/mol. The highest BCUT2D eigenvalue weighted by atomic mass is 15.5. The molecule has 0 saturated heterocycles. The van der Waals surface area contributed by atoms with E-state index < -0.39 is 0 Å². The van der Waals surface area contributed by atoms with Crippen LogP contribution in [0.2, 0.25) is 0 Å². The molecule has 2 heterocycles. The van der Waals surface area contributed by atoms with Crippen LogP contribution in [0.1, 0.15) is 13.8 Å². The summed E-state index contributed by atoms with van der Waals surface area (Å²) in [6.45, 7) is 5.10. The van der Waals surface area contributed by atoms with E-state index in [2.05, 4.69) is 34.4 Å². The van der Waals surface area contributed by atoms with E-state index in [1.165, 1.54) is 0 Å². The molecule has 6 heteroatoms. The molecule has 0 fully saturated rings. The Kier molecular flexibility index (Phi) is 2.77. The number of aryl methyl sites for hydroxylation is 1. The van der Waals surface area contributed by atoms with Gasteiger partial charge in [-0.25, -0.2) is 9.67 Å². The number of fused-ring (bicyclic) bond motifs is 1. The first kappa shape index (κ1) is 11.8. The molecule has 19 heavy (non-hydrogen) atoms. The van der Waals surface area contributed by atoms with Crippen molar-refractivity contribution in [3.05, 3.63) is 24.5 Å². The van der Waals surface area contributed by atoms with Crippen LogP contribution in [-0.4, -0.2) is 29.8 Å². The van der Waals surface area contributed by atoms with Gasteiger partial charge >= 0.3 is 0 Å². The van der Waals surface area contributed by atoms with Gasteiger partial charge in [0.2, 0.25) is 0 Å². The lowest BCUT2D eigenvalue weighted by Gasteiger charge is -2.07. The van der Waals surface area contributed by atoms with Gasteiger partial charge in [-0.3, -0.25) is 0 Å². The van der Waals surface area contributed by atoms with Crippen LogP contribution in [0, 0.1) is 5.92 Å². The molecule has 0 amide bonds. The molecule has 0 aliphatic heterocycles. The van der Waals surface area contributed by atoms with Crippen molar-refractivity contribution in [1.82, 2.24) is 29.8 Å². The summed E-state index contributed by atoms with van der Waals surface area (Å²) in [5, 5.41) is 11.9. The van der Waals surface area contributed by atoms with Gasteiger partial charge in [-0.15, -0.1) is 5.10 Å². The Morgan fingerprint density at radius 1 is 1.26 bits per heavy atom. The summed E-state index contributed by atoms with van der Waals surface area (Å²) in [4.78, 5) is 4.36. The zero-order valence-electron chi connectivity index (χ0n) is 11.3. The van der Waals surface area contributed by atoms with Gasteiger partial charge < -0.3 is 4.57 Å². The topological polar surface area (TPSA) is 61.4 Å². The highest BCUT2D eigenvalue weighted by Gasteiger charge is 2.11. The van der Waals surface area contributed by atoms with Crippen molar-refractivity contribution >= 4 is 11.0 Å². The third kappa shape index (κ3) is 2.09. The van der Waals surface area contributed by atoms with Crippen LogP contribution >= 0.6 is 0 Å². The van der Waals surface area contributed by atoms with Crippen LogP contribution in [0.5, 0.6) is 0 Å². The Labute approximate surface area is 111 Å². The van der Waals surface area contributed by atoms with Crippen LogP contribution in [0.15, 0.2) is 24.5 Å². The first-order valence-corrected chi connectivity index (χ1v) is 6.33. The van der Waals surface area contributed by atoms with Crippen molar-refractivity contribution in [3.8, 4) is 11.4 Å². The minimum Gasteiger partial charge on any atom is -0.334 e. The quantitative estimate of drug-likeness (QED) is 0.718. The van der Waals surface area contributed by atoms with Crippen molar-refractivity contribution in [2.24, 2.45) is 13.0 Å². The summed E-state index contributed by atoms with van der Waals surface area (Å²) in [6.07, 6.45) is 1.81. The Morgan fingerprint density at radius 2 is 2.11 bits per heavy atom. The molecule has 3 aromatic rings. The molecule has 0 bridgehead atoms. The summed E-state index contributed by atoms with van der Waals surface area (Å²) in [5.74, 6) is 1.29. The minimum absolute atomic E-state index is 0.501. The standard InChI is InChI=1S/C13H16N6/c1-9(2)7-19-13(15-16-17-19)10-4-5-12-11(6-10)14-8-18(12)3/h4-6,8-9H,7H2,1-3H3. The van der Waals surface area contributed by atoms with Gasteiger partial charge in [0, 0.05) is 19.2 Å². The number of rotatable bonds is 3. The summed E-state index contributed by atoms with van der Waals surface area (Å²) < 4.78 is 3.84. The third-order valence-electron chi connectivity index (χ3n) is 3.05. The van der Waals surface area contributed by atoms with Crippen molar-refractivity contribution in [2.45, 2.75) is 20.4 Å². The first-order valence-electron chi connectivity index (χ1n) is 6.33. The maximum absolute atomic E-state index is 4.36. The molecule has 0 aliphatic carbocycles. The van der Waals surface area contributed by atoms with Crippen molar-refractivity contribution in [1.29, 1.82) is 0 Å². The molecular weight excluding hydrogens is 240 g/mol. The maximum atomic E-state index is 4.36. The van der Waals surface area contributed by atoms with E-state index in [1.807, 2.05) is 40.8 Å². The van der Waals surface area contributed by atoms with Crippen molar-refractivity contribution in [3.63, 3.8) is 0 Å². The van der Waals surface area contributed by atoms with Gasteiger partial charge in [0.1, 0.15) is 0 Å². The number of tetrazole rings is 1. The maximum Gasteiger partial charge on any atom is 0.182 e. The molecule has 0 atom stereocenters. The van der Waals surface area contributed by atoms with Gasteiger partial charge in [-0.05, 0) is 34.5 Å². The van der Waals surface area contributed by atoms with Crippen LogP contribution in [0.4, 0.5) is 0 Å². The van der Waals surface area contributed by atoms with E-state index in [0.717, 1.165) is 29.0 Å². The second-order valence-corrected chi connectivity index (χ2v) is 5.14. The van der Waals surface area contributed by atoms with Crippen molar-refractivity contribution in [2.75, 3.05) is 0 Å². The summed E-state index contributed by atoms with van der Waals surface area (Å²) in [6, 6.07) is 6.11. The lowest BCUT2D eigenvalue weighted by molar-refractivity contribution is 0.475. The fraction of sp³-hybridized carbons (Fsp3) is 0.385. The molecular formula is C13H16N6. The lowest BCUT2D eigenvalue weighted by atomic mass is 10.1. The largest absolute Gasteiger partial charge is 0.334 e. The second kappa shape index (κ2) is 4.46. The third-order valence-corrected chi connectivity index (χ3v) is 3.05. The molecule has 0 N–H and O–H groups in total. The summed E-state index contributed by atoms with van der Waals surface area (Å²) >= 11 is 0. The minimum atomic E-state index is 0.501. The van der Waals surface area contributed by atoms with Crippen LogP contribution in [0.3, 0.4) is 0 Å². The van der Waals surface area contributed by atoms with Gasteiger partial charge in [0.05, 0.1) is 17.4 Å². The van der Waals surface area contributed by atoms with Gasteiger partial charge in [-0.1, -0.05) is 13.8 Å². The molecule has 0 spiro atoms. The first-order chi connectivity index (χ1) is 9.15. The predicted octanol–water partition coefficient (Wildman–Crippen LogP) is 1.88. The predicted molar refractivity (Wildman–Crippen MR) is 72.4 cm³/mol. The zero-order chi connectivity index (χ0) is 13.4. The number of hydrogen-bond acceptors (Lipinski definition) is 4. The molecule has 0 unspecified atom stereocenters. The molecule has 98 valence electrons. The van der Waals surface area contributed by atoms with Crippen LogP contribution in [-0.2, 0) is 13.6 Å². The molecule has 6 nitrogen and oxygen atoms in total. The monoisotopic (exact) mass is 256 g/mol. The van der Waals surface area contributed by atoms with Gasteiger partial charge in [0.15, 0.2) is 5.82 Å². The number of benzene rings is 1. The van der Waals surface area contributed by atoms with Crippen LogP contribution in [0.25, 0.3) is 22.4 Å². The van der Waals surface area contributed by atoms with E-state index in [-0.39, 0.29) is 0 Å². The van der Waals surface area contributed by atoms with E-state index in [1.54, 1.807) is 0 Å². The number of hydrogen-bond donors (Lipinski definition) is 0. The summed E-state index contributed by atoms with van der Waals surface area (Å²) in [7, 11) is 1.98. The van der Waals surface area contributed by atoms with E-state index in [9.17, 15) is 0 Å². The van der Waals surface area contributed by atoms with Crippen LogP contribution < -0.4 is 0 Å². The highest BCUT2D eigenvalue weighted by Crippen LogP contribution is 2.21. The fourth-order valence-corrected chi connectivity index (χ4v) is 2.16. The Hall–Kier alpha value is -2.24. The Morgan fingerprint density at radius 3 is 2.89 bits per heavy atom. The Bertz CT molecular complexity index is 709. The smallest absolute Gasteiger partial charge is 0.182 e. The van der Waals surface area contributed by atoms with E-state index in [0.29, 0.717) is 5.92 Å². The molecule has 0 saturated carbocycles. The van der Waals surface area contributed by atoms with Gasteiger partial charge in [0.25, 0.3) is 0 Å². The van der Waals surface area contributed by atoms with Crippen molar-refractivity contribution < 1.29 is 0 Å².